The number of carbonyl (C=O) groups excluding carboxylic acids is 1. The van der Waals surface area contributed by atoms with Crippen molar-refractivity contribution in [2.45, 2.75) is 51.9 Å². The topological polar surface area (TPSA) is 104 Å². The number of halogens is 1. The summed E-state index contributed by atoms with van der Waals surface area (Å²) in [5.41, 5.74) is 1.66. The van der Waals surface area contributed by atoms with Gasteiger partial charge in [-0.3, -0.25) is 0 Å². The average molecular weight is 605 g/mol. The molecule has 224 valence electrons. The third-order valence-electron chi connectivity index (χ3n) is 7.04. The number of fused-ring (bicyclic) bond motifs is 2. The molecule has 1 saturated heterocycles. The molecule has 1 fully saturated rings. The summed E-state index contributed by atoms with van der Waals surface area (Å²) in [4.78, 5) is 23.4. The van der Waals surface area contributed by atoms with Gasteiger partial charge in [0.05, 0.1) is 15.9 Å². The minimum atomic E-state index is -0.550. The summed E-state index contributed by atoms with van der Waals surface area (Å²) in [6, 6.07) is 17.2. The van der Waals surface area contributed by atoms with Crippen molar-refractivity contribution in [3.8, 4) is 23.0 Å². The second-order valence-corrected chi connectivity index (χ2v) is 11.8. The van der Waals surface area contributed by atoms with Crippen LogP contribution in [0.25, 0.3) is 10.9 Å². The van der Waals surface area contributed by atoms with E-state index in [0.29, 0.717) is 83.0 Å². The highest BCUT2D eigenvalue weighted by atomic mass is 35.5. The lowest BCUT2D eigenvalue weighted by Gasteiger charge is -2.33. The highest BCUT2D eigenvalue weighted by molar-refractivity contribution is 6.34. The fourth-order valence-corrected chi connectivity index (χ4v) is 5.18. The van der Waals surface area contributed by atoms with Crippen molar-refractivity contribution in [3.63, 3.8) is 0 Å². The predicted octanol–water partition coefficient (Wildman–Crippen LogP) is 7.11. The fourth-order valence-electron chi connectivity index (χ4n) is 4.99. The van der Waals surface area contributed by atoms with Crippen LogP contribution in [0, 0.1) is 0 Å². The molecule has 10 nitrogen and oxygen atoms in total. The molecule has 0 radical (unpaired) electrons. The summed E-state index contributed by atoms with van der Waals surface area (Å²) in [7, 11) is 0. The Morgan fingerprint density at radius 3 is 2.63 bits per heavy atom. The highest BCUT2D eigenvalue weighted by Crippen LogP contribution is 2.46. The van der Waals surface area contributed by atoms with Gasteiger partial charge < -0.3 is 33.9 Å². The molecule has 2 aliphatic heterocycles. The molecule has 0 atom stereocenters. The summed E-state index contributed by atoms with van der Waals surface area (Å²) in [6.07, 6.45) is 2.28. The zero-order chi connectivity index (χ0) is 30.0. The Kier molecular flexibility index (Phi) is 8.03. The normalized spacial score (nSPS) is 14.9. The van der Waals surface area contributed by atoms with Gasteiger partial charge in [-0.15, -0.1) is 0 Å². The van der Waals surface area contributed by atoms with E-state index in [1.807, 2.05) is 63.2 Å². The number of carbonyl (C=O) groups is 1. The standard InChI is InChI=1S/C32H33ClN4O6/c1-32(2,3)43-31(38)37-13-11-21(12-14-37)42-26-16-22(39-17-20-7-5-4-6-8-20)15-24-27(26)30(35-18-34-24)36-28-23(33)9-10-25-29(28)41-19-40-25/h4-10,15-16,18,21H,11-14,17,19H2,1-3H3,(H,34,35,36). The molecular formula is C32H33ClN4O6. The molecule has 0 bridgehead atoms. The summed E-state index contributed by atoms with van der Waals surface area (Å²) in [5.74, 6) is 2.76. The van der Waals surface area contributed by atoms with Gasteiger partial charge in [-0.1, -0.05) is 41.9 Å². The number of likely N-dealkylation sites (tertiary alicyclic amines) is 1. The van der Waals surface area contributed by atoms with Gasteiger partial charge in [-0.05, 0) is 38.5 Å². The molecule has 0 unspecified atom stereocenters. The van der Waals surface area contributed by atoms with E-state index in [4.69, 9.17) is 35.3 Å². The van der Waals surface area contributed by atoms with Crippen molar-refractivity contribution in [3.05, 3.63) is 71.5 Å². The monoisotopic (exact) mass is 604 g/mol. The van der Waals surface area contributed by atoms with Gasteiger partial charge in [0, 0.05) is 38.1 Å². The fraction of sp³-hybridized carbons (Fsp3) is 0.344. The molecule has 3 aromatic carbocycles. The Morgan fingerprint density at radius 2 is 1.86 bits per heavy atom. The summed E-state index contributed by atoms with van der Waals surface area (Å²) in [5, 5.41) is 4.45. The number of aromatic nitrogens is 2. The number of nitrogens with zero attached hydrogens (tertiary/aromatic N) is 3. The quantitative estimate of drug-likeness (QED) is 0.236. The Hall–Kier alpha value is -4.44. The number of piperidine rings is 1. The van der Waals surface area contributed by atoms with Crippen molar-refractivity contribution in [1.29, 1.82) is 0 Å². The van der Waals surface area contributed by atoms with Gasteiger partial charge in [0.25, 0.3) is 0 Å². The molecule has 6 rings (SSSR count). The average Bonchev–Trinajstić information content (AvgIpc) is 3.47. The molecule has 11 heteroatoms. The molecular weight excluding hydrogens is 572 g/mol. The van der Waals surface area contributed by atoms with Crippen LogP contribution in [0.5, 0.6) is 23.0 Å². The van der Waals surface area contributed by atoms with E-state index in [-0.39, 0.29) is 19.0 Å². The van der Waals surface area contributed by atoms with Gasteiger partial charge in [0.2, 0.25) is 6.79 Å². The van der Waals surface area contributed by atoms with E-state index in [9.17, 15) is 4.79 Å². The molecule has 3 heterocycles. The van der Waals surface area contributed by atoms with E-state index in [1.165, 1.54) is 6.33 Å². The minimum Gasteiger partial charge on any atom is -0.489 e. The van der Waals surface area contributed by atoms with E-state index in [1.54, 1.807) is 17.0 Å². The molecule has 1 aromatic heterocycles. The lowest BCUT2D eigenvalue weighted by atomic mass is 10.1. The van der Waals surface area contributed by atoms with Crippen molar-refractivity contribution < 1.29 is 28.5 Å². The lowest BCUT2D eigenvalue weighted by Crippen LogP contribution is -2.44. The van der Waals surface area contributed by atoms with Crippen LogP contribution in [0.2, 0.25) is 5.02 Å². The first-order valence-corrected chi connectivity index (χ1v) is 14.6. The molecule has 1 amide bonds. The Balaban J connectivity index is 1.30. The maximum atomic E-state index is 12.6. The van der Waals surface area contributed by atoms with Gasteiger partial charge in [0.15, 0.2) is 11.5 Å². The first kappa shape index (κ1) is 28.7. The number of amides is 1. The smallest absolute Gasteiger partial charge is 0.410 e. The molecule has 43 heavy (non-hydrogen) atoms. The SMILES string of the molecule is CC(C)(C)OC(=O)N1CCC(Oc2cc(OCc3ccccc3)cc3ncnc(Nc4c(Cl)ccc5c4OCO5)c23)CC1. The summed E-state index contributed by atoms with van der Waals surface area (Å²) < 4.78 is 29.6. The maximum Gasteiger partial charge on any atom is 0.410 e. The molecule has 0 spiro atoms. The van der Waals surface area contributed by atoms with Crippen LogP contribution < -0.4 is 24.3 Å². The second-order valence-electron chi connectivity index (χ2n) is 11.4. The molecule has 2 aliphatic rings. The summed E-state index contributed by atoms with van der Waals surface area (Å²) in [6.45, 7) is 7.12. The van der Waals surface area contributed by atoms with E-state index in [2.05, 4.69) is 15.3 Å². The number of benzene rings is 3. The highest BCUT2D eigenvalue weighted by Gasteiger charge is 2.29. The van der Waals surface area contributed by atoms with Gasteiger partial charge >= 0.3 is 6.09 Å². The van der Waals surface area contributed by atoms with E-state index < -0.39 is 5.60 Å². The van der Waals surface area contributed by atoms with E-state index >= 15 is 0 Å². The van der Waals surface area contributed by atoms with Gasteiger partial charge in [0.1, 0.15) is 47.6 Å². The van der Waals surface area contributed by atoms with Crippen LogP contribution in [0.15, 0.2) is 60.9 Å². The predicted molar refractivity (Wildman–Crippen MR) is 163 cm³/mol. The first-order valence-electron chi connectivity index (χ1n) is 14.2. The number of hydrogen-bond donors (Lipinski definition) is 1. The first-order chi connectivity index (χ1) is 20.7. The van der Waals surface area contributed by atoms with Crippen LogP contribution in [-0.2, 0) is 11.3 Å². The number of rotatable bonds is 7. The zero-order valence-corrected chi connectivity index (χ0v) is 25.0. The zero-order valence-electron chi connectivity index (χ0n) is 24.3. The van der Waals surface area contributed by atoms with Crippen LogP contribution in [0.4, 0.5) is 16.3 Å². The third-order valence-corrected chi connectivity index (χ3v) is 7.36. The number of nitrogens with one attached hydrogen (secondary N) is 1. The van der Waals surface area contributed by atoms with Crippen molar-refractivity contribution in [2.75, 3.05) is 25.2 Å². The van der Waals surface area contributed by atoms with E-state index in [0.717, 1.165) is 5.56 Å². The summed E-state index contributed by atoms with van der Waals surface area (Å²) >= 11 is 6.57. The van der Waals surface area contributed by atoms with Crippen LogP contribution >= 0.6 is 11.6 Å². The lowest BCUT2D eigenvalue weighted by molar-refractivity contribution is 0.0127. The Bertz CT molecular complexity index is 1620. The van der Waals surface area contributed by atoms with Gasteiger partial charge in [-0.25, -0.2) is 14.8 Å². The largest absolute Gasteiger partial charge is 0.489 e. The Morgan fingerprint density at radius 1 is 1.07 bits per heavy atom. The van der Waals surface area contributed by atoms with Crippen LogP contribution in [-0.4, -0.2) is 52.5 Å². The Labute approximate surface area is 254 Å². The molecule has 4 aromatic rings. The second kappa shape index (κ2) is 12.0. The van der Waals surface area contributed by atoms with Gasteiger partial charge in [-0.2, -0.15) is 0 Å². The molecule has 0 aliphatic carbocycles. The van der Waals surface area contributed by atoms with Crippen molar-refractivity contribution in [1.82, 2.24) is 14.9 Å². The number of anilines is 2. The van der Waals surface area contributed by atoms with Crippen molar-refractivity contribution in [2.24, 2.45) is 0 Å². The molecule has 0 saturated carbocycles. The number of hydrogen-bond acceptors (Lipinski definition) is 9. The number of ether oxygens (including phenoxy) is 5. The van der Waals surface area contributed by atoms with Crippen LogP contribution in [0.3, 0.4) is 0 Å². The third kappa shape index (κ3) is 6.64. The minimum absolute atomic E-state index is 0.105. The maximum absolute atomic E-state index is 12.6. The van der Waals surface area contributed by atoms with Crippen LogP contribution in [0.1, 0.15) is 39.2 Å². The molecule has 1 N–H and O–H groups in total. The van der Waals surface area contributed by atoms with Crippen molar-refractivity contribution >= 4 is 40.1 Å².